The van der Waals surface area contributed by atoms with Gasteiger partial charge in [-0.1, -0.05) is 27.7 Å². The van der Waals surface area contributed by atoms with Gasteiger partial charge in [0.15, 0.2) is 0 Å². The molecule has 0 saturated carbocycles. The van der Waals surface area contributed by atoms with E-state index in [-0.39, 0.29) is 0 Å². The van der Waals surface area contributed by atoms with Gasteiger partial charge in [-0.2, -0.15) is 0 Å². The molecule has 0 aliphatic heterocycles. The Labute approximate surface area is 107 Å². The van der Waals surface area contributed by atoms with Gasteiger partial charge in [0.1, 0.15) is 0 Å². The van der Waals surface area contributed by atoms with E-state index in [1.165, 1.54) is 12.8 Å². The lowest BCUT2D eigenvalue weighted by molar-refractivity contribution is 0.0388. The van der Waals surface area contributed by atoms with Crippen LogP contribution in [0.3, 0.4) is 0 Å². The van der Waals surface area contributed by atoms with Crippen molar-refractivity contribution in [2.45, 2.75) is 40.5 Å². The molecule has 0 aliphatic carbocycles. The smallest absolute Gasteiger partial charge is 0.0701 e. The number of ether oxygens (including phenoxy) is 2. The van der Waals surface area contributed by atoms with E-state index in [2.05, 4.69) is 33.0 Å². The summed E-state index contributed by atoms with van der Waals surface area (Å²) in [7, 11) is 0. The van der Waals surface area contributed by atoms with E-state index < -0.39 is 0 Å². The largest absolute Gasteiger partial charge is 0.379 e. The molecule has 0 unspecified atom stereocenters. The molecule has 3 nitrogen and oxygen atoms in total. The van der Waals surface area contributed by atoms with Crippen molar-refractivity contribution in [2.24, 2.45) is 11.8 Å². The van der Waals surface area contributed by atoms with Crippen LogP contribution in [0.1, 0.15) is 40.5 Å². The van der Waals surface area contributed by atoms with E-state index in [9.17, 15) is 0 Å². The number of rotatable bonds is 12. The fourth-order valence-electron chi connectivity index (χ4n) is 1.44. The Bertz CT molecular complexity index is 133. The third-order valence-corrected chi connectivity index (χ3v) is 2.38. The molecule has 0 bridgehead atoms. The summed E-state index contributed by atoms with van der Waals surface area (Å²) < 4.78 is 10.9. The van der Waals surface area contributed by atoms with Crippen molar-refractivity contribution in [3.63, 3.8) is 0 Å². The van der Waals surface area contributed by atoms with Gasteiger partial charge in [-0.3, -0.25) is 0 Å². The molecule has 0 aromatic rings. The van der Waals surface area contributed by atoms with Crippen LogP contribution >= 0.6 is 0 Å². The van der Waals surface area contributed by atoms with Gasteiger partial charge in [0, 0.05) is 13.2 Å². The molecule has 1 N–H and O–H groups in total. The number of nitrogens with one attached hydrogen (secondary N) is 1. The fraction of sp³-hybridized carbons (Fsp3) is 1.00. The molecule has 0 amide bonds. The molecule has 3 heteroatoms. The summed E-state index contributed by atoms with van der Waals surface area (Å²) in [6.07, 6.45) is 2.56. The molecule has 0 spiro atoms. The molecule has 0 atom stereocenters. The summed E-state index contributed by atoms with van der Waals surface area (Å²) in [6, 6.07) is 0. The van der Waals surface area contributed by atoms with Gasteiger partial charge in [0.05, 0.1) is 19.8 Å². The van der Waals surface area contributed by atoms with Crippen LogP contribution in [-0.4, -0.2) is 39.5 Å². The zero-order valence-electron chi connectivity index (χ0n) is 12.1. The molecule has 0 aliphatic rings. The highest BCUT2D eigenvalue weighted by atomic mass is 16.5. The maximum absolute atomic E-state index is 5.46. The lowest BCUT2D eigenvalue weighted by Gasteiger charge is -2.08. The maximum Gasteiger partial charge on any atom is 0.0701 e. The molecule has 0 heterocycles. The molecule has 0 aromatic carbocycles. The summed E-state index contributed by atoms with van der Waals surface area (Å²) in [5.41, 5.74) is 0. The van der Waals surface area contributed by atoms with E-state index in [0.29, 0.717) is 19.1 Å². The Balaban J connectivity index is 2.94. The SMILES string of the molecule is CC(C)CCCNCCOCCOCC(C)C. The molecule has 0 radical (unpaired) electrons. The number of hydrogen-bond acceptors (Lipinski definition) is 3. The van der Waals surface area contributed by atoms with Crippen molar-refractivity contribution in [3.05, 3.63) is 0 Å². The Hall–Kier alpha value is -0.120. The minimum atomic E-state index is 0.609. The molecule has 0 fully saturated rings. The molecule has 0 aromatic heterocycles. The second-order valence-electron chi connectivity index (χ2n) is 5.37. The first kappa shape index (κ1) is 16.9. The topological polar surface area (TPSA) is 30.5 Å². The van der Waals surface area contributed by atoms with E-state index in [4.69, 9.17) is 9.47 Å². The average Bonchev–Trinajstić information content (AvgIpc) is 2.25. The summed E-state index contributed by atoms with van der Waals surface area (Å²) >= 11 is 0. The van der Waals surface area contributed by atoms with E-state index >= 15 is 0 Å². The predicted octanol–water partition coefficient (Wildman–Crippen LogP) is 2.70. The van der Waals surface area contributed by atoms with Crippen molar-refractivity contribution in [1.82, 2.24) is 5.32 Å². The van der Waals surface area contributed by atoms with Crippen LogP contribution in [-0.2, 0) is 9.47 Å². The van der Waals surface area contributed by atoms with E-state index in [1.807, 2.05) is 0 Å². The monoisotopic (exact) mass is 245 g/mol. The van der Waals surface area contributed by atoms with Gasteiger partial charge in [0.25, 0.3) is 0 Å². The van der Waals surface area contributed by atoms with Crippen molar-refractivity contribution in [2.75, 3.05) is 39.5 Å². The highest BCUT2D eigenvalue weighted by Gasteiger charge is 1.95. The third kappa shape index (κ3) is 15.9. The average molecular weight is 245 g/mol. The van der Waals surface area contributed by atoms with Gasteiger partial charge in [-0.15, -0.1) is 0 Å². The van der Waals surface area contributed by atoms with Crippen LogP contribution in [0.2, 0.25) is 0 Å². The Kier molecular flexibility index (Phi) is 12.3. The lowest BCUT2D eigenvalue weighted by Crippen LogP contribution is -2.22. The highest BCUT2D eigenvalue weighted by molar-refractivity contribution is 4.50. The number of hydrogen-bond donors (Lipinski definition) is 1. The molecule has 17 heavy (non-hydrogen) atoms. The van der Waals surface area contributed by atoms with Crippen LogP contribution in [0, 0.1) is 11.8 Å². The summed E-state index contributed by atoms with van der Waals surface area (Å²) in [4.78, 5) is 0. The normalized spacial score (nSPS) is 11.6. The second-order valence-corrected chi connectivity index (χ2v) is 5.37. The Morgan fingerprint density at radius 1 is 0.824 bits per heavy atom. The predicted molar refractivity (Wildman–Crippen MR) is 73.4 cm³/mol. The minimum absolute atomic E-state index is 0.609. The van der Waals surface area contributed by atoms with Gasteiger partial charge >= 0.3 is 0 Å². The molecular weight excluding hydrogens is 214 g/mol. The van der Waals surface area contributed by atoms with Crippen molar-refractivity contribution >= 4 is 0 Å². The maximum atomic E-state index is 5.46. The molecular formula is C14H31NO2. The molecule has 0 saturated heterocycles. The highest BCUT2D eigenvalue weighted by Crippen LogP contribution is 2.01. The quantitative estimate of drug-likeness (QED) is 0.536. The van der Waals surface area contributed by atoms with Crippen LogP contribution in [0.4, 0.5) is 0 Å². The standard InChI is InChI=1S/C14H31NO2/c1-13(2)6-5-7-15-8-9-16-10-11-17-12-14(3)4/h13-15H,5-12H2,1-4H3. The van der Waals surface area contributed by atoms with Gasteiger partial charge in [-0.25, -0.2) is 0 Å². The summed E-state index contributed by atoms with van der Waals surface area (Å²) in [5.74, 6) is 1.42. The fourth-order valence-corrected chi connectivity index (χ4v) is 1.44. The first-order valence-electron chi connectivity index (χ1n) is 6.99. The summed E-state index contributed by atoms with van der Waals surface area (Å²) in [6.45, 7) is 13.9. The van der Waals surface area contributed by atoms with Crippen molar-refractivity contribution in [3.8, 4) is 0 Å². The van der Waals surface area contributed by atoms with Crippen LogP contribution in [0.25, 0.3) is 0 Å². The first-order chi connectivity index (χ1) is 8.13. The Morgan fingerprint density at radius 2 is 1.53 bits per heavy atom. The van der Waals surface area contributed by atoms with Crippen LogP contribution in [0.15, 0.2) is 0 Å². The Morgan fingerprint density at radius 3 is 2.18 bits per heavy atom. The van der Waals surface area contributed by atoms with Gasteiger partial charge in [0.2, 0.25) is 0 Å². The molecule has 104 valence electrons. The van der Waals surface area contributed by atoms with Crippen LogP contribution in [0.5, 0.6) is 0 Å². The summed E-state index contributed by atoms with van der Waals surface area (Å²) in [5, 5.41) is 3.38. The third-order valence-electron chi connectivity index (χ3n) is 2.38. The van der Waals surface area contributed by atoms with Gasteiger partial charge in [-0.05, 0) is 31.2 Å². The van der Waals surface area contributed by atoms with Crippen molar-refractivity contribution < 1.29 is 9.47 Å². The minimum Gasteiger partial charge on any atom is -0.379 e. The van der Waals surface area contributed by atoms with E-state index in [0.717, 1.165) is 32.2 Å². The second kappa shape index (κ2) is 12.3. The molecule has 0 rings (SSSR count). The first-order valence-corrected chi connectivity index (χ1v) is 6.99. The van der Waals surface area contributed by atoms with E-state index in [1.54, 1.807) is 0 Å². The lowest BCUT2D eigenvalue weighted by atomic mass is 10.1. The van der Waals surface area contributed by atoms with Crippen molar-refractivity contribution in [1.29, 1.82) is 0 Å². The van der Waals surface area contributed by atoms with Crippen LogP contribution < -0.4 is 5.32 Å². The zero-order valence-corrected chi connectivity index (χ0v) is 12.1. The zero-order chi connectivity index (χ0) is 12.9. The van der Waals surface area contributed by atoms with Gasteiger partial charge < -0.3 is 14.8 Å².